The molecule has 0 fully saturated rings. The summed E-state index contributed by atoms with van der Waals surface area (Å²) in [7, 11) is -1.90. The molecule has 1 aromatic carbocycles. The van der Waals surface area contributed by atoms with Crippen molar-refractivity contribution in [2.75, 3.05) is 5.73 Å². The molecule has 0 saturated heterocycles. The van der Waals surface area contributed by atoms with Gasteiger partial charge in [0.25, 0.3) is 0 Å². The maximum atomic E-state index is 12.0. The minimum Gasteiger partial charge on any atom is -0.398 e. The van der Waals surface area contributed by atoms with Crippen molar-refractivity contribution in [1.29, 1.82) is 0 Å². The van der Waals surface area contributed by atoms with E-state index in [4.69, 9.17) is 5.73 Å². The fourth-order valence-electron chi connectivity index (χ4n) is 1.38. The largest absolute Gasteiger partial charge is 0.398 e. The van der Waals surface area contributed by atoms with Crippen molar-refractivity contribution < 1.29 is 8.42 Å². The number of anilines is 1. The zero-order chi connectivity index (χ0) is 14.0. The molecule has 0 radical (unpaired) electrons. The molecule has 0 unspecified atom stereocenters. The Morgan fingerprint density at radius 1 is 1.47 bits per heavy atom. The van der Waals surface area contributed by atoms with Crippen LogP contribution in [-0.2, 0) is 23.6 Å². The lowest BCUT2D eigenvalue weighted by Crippen LogP contribution is -2.24. The highest BCUT2D eigenvalue weighted by atomic mass is 79.9. The quantitative estimate of drug-likeness (QED) is 0.791. The van der Waals surface area contributed by atoms with E-state index in [0.29, 0.717) is 16.0 Å². The molecule has 102 valence electrons. The molecule has 1 heterocycles. The Kier molecular flexibility index (Phi) is 3.88. The van der Waals surface area contributed by atoms with Gasteiger partial charge in [-0.25, -0.2) is 18.1 Å². The minimum atomic E-state index is -3.61. The fourth-order valence-corrected chi connectivity index (χ4v) is 2.92. The Hall–Kier alpha value is -1.45. The maximum Gasteiger partial charge on any atom is 0.241 e. The summed E-state index contributed by atoms with van der Waals surface area (Å²) in [5.74, 6) is 0.403. The molecular formula is C10H12BrN5O2S. The Morgan fingerprint density at radius 3 is 2.79 bits per heavy atom. The lowest BCUT2D eigenvalue weighted by molar-refractivity contribution is 0.578. The zero-order valence-electron chi connectivity index (χ0n) is 10.0. The van der Waals surface area contributed by atoms with Gasteiger partial charge in [-0.05, 0) is 34.1 Å². The van der Waals surface area contributed by atoms with Gasteiger partial charge >= 0.3 is 0 Å². The van der Waals surface area contributed by atoms with Crippen LogP contribution in [-0.4, -0.2) is 23.2 Å². The highest BCUT2D eigenvalue weighted by Crippen LogP contribution is 2.22. The minimum absolute atomic E-state index is 0.0329. The summed E-state index contributed by atoms with van der Waals surface area (Å²) in [6.07, 6.45) is 1.50. The Balaban J connectivity index is 2.16. The van der Waals surface area contributed by atoms with Crippen molar-refractivity contribution in [3.05, 3.63) is 34.8 Å². The zero-order valence-corrected chi connectivity index (χ0v) is 12.4. The molecule has 19 heavy (non-hydrogen) atoms. The van der Waals surface area contributed by atoms with Crippen LogP contribution in [0.3, 0.4) is 0 Å². The summed E-state index contributed by atoms with van der Waals surface area (Å²) in [4.78, 5) is 4.07. The summed E-state index contributed by atoms with van der Waals surface area (Å²) in [5, 5.41) is 3.99. The molecule has 3 N–H and O–H groups in total. The number of nitrogens with one attached hydrogen (secondary N) is 1. The van der Waals surface area contributed by atoms with Crippen molar-refractivity contribution in [2.45, 2.75) is 11.4 Å². The van der Waals surface area contributed by atoms with E-state index in [9.17, 15) is 8.42 Å². The highest BCUT2D eigenvalue weighted by Gasteiger charge is 2.15. The summed E-state index contributed by atoms with van der Waals surface area (Å²) < 4.78 is 28.5. The third-order valence-electron chi connectivity index (χ3n) is 2.35. The predicted molar refractivity (Wildman–Crippen MR) is 73.6 cm³/mol. The lowest BCUT2D eigenvalue weighted by Gasteiger charge is -2.06. The fraction of sp³-hybridized carbons (Fsp3) is 0.200. The first kappa shape index (κ1) is 14.0. The monoisotopic (exact) mass is 345 g/mol. The van der Waals surface area contributed by atoms with Gasteiger partial charge in [0.05, 0.1) is 11.4 Å². The van der Waals surface area contributed by atoms with E-state index in [1.165, 1.54) is 29.2 Å². The number of aryl methyl sites for hydroxylation is 1. The molecule has 0 atom stereocenters. The number of aromatic nitrogens is 3. The second kappa shape index (κ2) is 5.27. The molecular weight excluding hydrogens is 334 g/mol. The van der Waals surface area contributed by atoms with Crippen LogP contribution in [0.2, 0.25) is 0 Å². The van der Waals surface area contributed by atoms with Crippen LogP contribution in [0.1, 0.15) is 5.82 Å². The number of nitrogens with two attached hydrogens (primary N) is 1. The van der Waals surface area contributed by atoms with Crippen molar-refractivity contribution >= 4 is 31.6 Å². The van der Waals surface area contributed by atoms with Gasteiger partial charge in [-0.1, -0.05) is 0 Å². The van der Waals surface area contributed by atoms with E-state index in [2.05, 4.69) is 30.7 Å². The van der Waals surface area contributed by atoms with Crippen LogP contribution in [0.4, 0.5) is 5.69 Å². The normalized spacial score (nSPS) is 11.7. The number of nitrogen functional groups attached to an aromatic ring is 1. The standard InChI is InChI=1S/C10H12BrN5O2S/c1-16-6-13-10(15-16)5-14-19(17,18)7-2-3-9(12)8(11)4-7/h2-4,6,14H,5,12H2,1H3. The average Bonchev–Trinajstić information content (AvgIpc) is 2.76. The third kappa shape index (κ3) is 3.31. The van der Waals surface area contributed by atoms with Crippen molar-refractivity contribution in [2.24, 2.45) is 7.05 Å². The maximum absolute atomic E-state index is 12.0. The van der Waals surface area contributed by atoms with Gasteiger partial charge < -0.3 is 5.73 Å². The topological polar surface area (TPSA) is 103 Å². The Bertz CT molecular complexity index is 698. The molecule has 0 aliphatic heterocycles. The Labute approximate surface area is 119 Å². The van der Waals surface area contributed by atoms with Crippen LogP contribution in [0, 0.1) is 0 Å². The number of benzene rings is 1. The number of hydrogen-bond donors (Lipinski definition) is 2. The number of rotatable bonds is 4. The number of hydrogen-bond acceptors (Lipinski definition) is 5. The summed E-state index contributed by atoms with van der Waals surface area (Å²) in [5.41, 5.74) is 6.09. The second-order valence-corrected chi connectivity index (χ2v) is 6.46. The molecule has 0 spiro atoms. The molecule has 0 saturated carbocycles. The van der Waals surface area contributed by atoms with Gasteiger partial charge in [0.15, 0.2) is 5.82 Å². The summed E-state index contributed by atoms with van der Waals surface area (Å²) >= 11 is 3.19. The van der Waals surface area contributed by atoms with Crippen LogP contribution in [0.5, 0.6) is 0 Å². The molecule has 2 aromatic rings. The second-order valence-electron chi connectivity index (χ2n) is 3.84. The number of sulfonamides is 1. The van der Waals surface area contributed by atoms with Gasteiger partial charge in [-0.3, -0.25) is 4.68 Å². The van der Waals surface area contributed by atoms with Gasteiger partial charge in [0, 0.05) is 17.2 Å². The number of halogens is 1. The van der Waals surface area contributed by atoms with Crippen LogP contribution < -0.4 is 10.5 Å². The van der Waals surface area contributed by atoms with E-state index in [-0.39, 0.29) is 11.4 Å². The van der Waals surface area contributed by atoms with Crippen molar-refractivity contribution in [3.8, 4) is 0 Å². The first-order valence-corrected chi connectivity index (χ1v) is 7.55. The average molecular weight is 346 g/mol. The lowest BCUT2D eigenvalue weighted by atomic mass is 10.3. The van der Waals surface area contributed by atoms with Gasteiger partial charge in [-0.15, -0.1) is 0 Å². The molecule has 0 aliphatic carbocycles. The molecule has 0 amide bonds. The van der Waals surface area contributed by atoms with Gasteiger partial charge in [-0.2, -0.15) is 5.10 Å². The van der Waals surface area contributed by atoms with Crippen LogP contribution in [0.25, 0.3) is 0 Å². The van der Waals surface area contributed by atoms with Crippen LogP contribution in [0.15, 0.2) is 33.9 Å². The van der Waals surface area contributed by atoms with Crippen LogP contribution >= 0.6 is 15.9 Å². The first-order chi connectivity index (χ1) is 8.88. The highest BCUT2D eigenvalue weighted by molar-refractivity contribution is 9.10. The molecule has 0 aliphatic rings. The van der Waals surface area contributed by atoms with E-state index in [0.717, 1.165) is 0 Å². The van der Waals surface area contributed by atoms with E-state index >= 15 is 0 Å². The van der Waals surface area contributed by atoms with E-state index in [1.54, 1.807) is 7.05 Å². The number of nitrogens with zero attached hydrogens (tertiary/aromatic N) is 3. The third-order valence-corrected chi connectivity index (χ3v) is 4.44. The van der Waals surface area contributed by atoms with E-state index < -0.39 is 10.0 Å². The predicted octanol–water partition coefficient (Wildman–Crippen LogP) is 0.638. The summed E-state index contributed by atoms with van der Waals surface area (Å²) in [6.45, 7) is 0.0329. The summed E-state index contributed by atoms with van der Waals surface area (Å²) in [6, 6.07) is 4.41. The molecule has 2 rings (SSSR count). The van der Waals surface area contributed by atoms with Crippen molar-refractivity contribution in [1.82, 2.24) is 19.5 Å². The van der Waals surface area contributed by atoms with Gasteiger partial charge in [0.2, 0.25) is 10.0 Å². The molecule has 1 aromatic heterocycles. The SMILES string of the molecule is Cn1cnc(CNS(=O)(=O)c2ccc(N)c(Br)c2)n1. The Morgan fingerprint density at radius 2 is 2.21 bits per heavy atom. The van der Waals surface area contributed by atoms with E-state index in [1.807, 2.05) is 0 Å². The smallest absolute Gasteiger partial charge is 0.241 e. The molecule has 0 bridgehead atoms. The van der Waals surface area contributed by atoms with Crippen molar-refractivity contribution in [3.63, 3.8) is 0 Å². The van der Waals surface area contributed by atoms with Gasteiger partial charge in [0.1, 0.15) is 6.33 Å². The molecule has 9 heteroatoms. The first-order valence-electron chi connectivity index (χ1n) is 5.28. The molecule has 7 nitrogen and oxygen atoms in total.